The van der Waals surface area contributed by atoms with Crippen LogP contribution in [0.2, 0.25) is 0 Å². The minimum absolute atomic E-state index is 0.246. The molecule has 0 aliphatic heterocycles. The predicted octanol–water partition coefficient (Wildman–Crippen LogP) is 2.05. The van der Waals surface area contributed by atoms with Crippen LogP contribution in [0.4, 0.5) is 0 Å². The second-order valence-electron chi connectivity index (χ2n) is 8.85. The number of nitrogens with two attached hydrogens (primary N) is 1. The van der Waals surface area contributed by atoms with E-state index in [1.54, 1.807) is 20.8 Å². The summed E-state index contributed by atoms with van der Waals surface area (Å²) in [5.41, 5.74) is 4.89. The van der Waals surface area contributed by atoms with Crippen molar-refractivity contribution in [3.05, 3.63) is 0 Å². The van der Waals surface area contributed by atoms with E-state index in [1.807, 2.05) is 0 Å². The van der Waals surface area contributed by atoms with Crippen LogP contribution in [0.15, 0.2) is 0 Å². The fraction of sp³-hybridized carbons (Fsp3) is 0.810. The third-order valence-corrected chi connectivity index (χ3v) is 5.69. The summed E-state index contributed by atoms with van der Waals surface area (Å²) < 4.78 is 10.7. The van der Waals surface area contributed by atoms with Crippen LogP contribution in [0, 0.1) is 35.5 Å². The van der Waals surface area contributed by atoms with Crippen LogP contribution in [-0.4, -0.2) is 57.6 Å². The van der Waals surface area contributed by atoms with Crippen LogP contribution < -0.4 is 5.73 Å². The molecular weight excluding hydrogens is 410 g/mol. The van der Waals surface area contributed by atoms with Gasteiger partial charge in [-0.05, 0) is 32.6 Å². The average molecular weight is 448 g/mol. The van der Waals surface area contributed by atoms with Crippen LogP contribution >= 0.6 is 0 Å². The van der Waals surface area contributed by atoms with Crippen molar-refractivity contribution >= 4 is 23.9 Å². The molecule has 31 heavy (non-hydrogen) atoms. The lowest BCUT2D eigenvalue weighted by atomic mass is 9.69. The number of esters is 1. The van der Waals surface area contributed by atoms with Crippen molar-refractivity contribution in [3.63, 3.8) is 0 Å². The molecule has 0 aromatic rings. The van der Waals surface area contributed by atoms with Gasteiger partial charge in [0.1, 0.15) is 11.8 Å². The van der Waals surface area contributed by atoms with E-state index in [-0.39, 0.29) is 6.61 Å². The van der Waals surface area contributed by atoms with Crippen LogP contribution in [0.1, 0.15) is 54.9 Å². The molecule has 0 radical (unpaired) electrons. The van der Waals surface area contributed by atoms with Gasteiger partial charge in [-0.1, -0.05) is 27.7 Å². The monoisotopic (exact) mass is 447 g/mol. The Hall–Kier alpha value is -2.20. The van der Waals surface area contributed by atoms with Crippen molar-refractivity contribution in [1.29, 1.82) is 0 Å². The second-order valence-corrected chi connectivity index (χ2v) is 8.85. The molecule has 0 saturated carbocycles. The molecule has 0 aliphatic rings. The fourth-order valence-electron chi connectivity index (χ4n) is 3.59. The van der Waals surface area contributed by atoms with Crippen molar-refractivity contribution in [2.75, 3.05) is 6.61 Å². The lowest BCUT2D eigenvalue weighted by Gasteiger charge is -2.34. The maximum absolute atomic E-state index is 12.6. The lowest BCUT2D eigenvalue weighted by Crippen LogP contribution is -2.42. The van der Waals surface area contributed by atoms with Crippen LogP contribution in [0.3, 0.4) is 0 Å². The van der Waals surface area contributed by atoms with Crippen LogP contribution in [0.25, 0.3) is 0 Å². The highest BCUT2D eigenvalue weighted by atomic mass is 16.5. The van der Waals surface area contributed by atoms with E-state index >= 15 is 0 Å². The molecule has 7 atom stereocenters. The first-order valence-electron chi connectivity index (χ1n) is 10.3. The Bertz CT molecular complexity index is 643. The van der Waals surface area contributed by atoms with Gasteiger partial charge in [0, 0.05) is 6.42 Å². The molecule has 0 rings (SSSR count). The van der Waals surface area contributed by atoms with E-state index in [0.717, 1.165) is 0 Å². The number of hydrogen-bond acceptors (Lipinski definition) is 7. The molecule has 0 fully saturated rings. The third-order valence-electron chi connectivity index (χ3n) is 5.69. The molecule has 0 saturated heterocycles. The number of ether oxygens (including phenoxy) is 2. The van der Waals surface area contributed by atoms with Gasteiger partial charge in [-0.2, -0.15) is 0 Å². The van der Waals surface area contributed by atoms with Gasteiger partial charge < -0.3 is 30.5 Å². The Balaban J connectivity index is 5.34. The quantitative estimate of drug-likeness (QED) is 0.228. The van der Waals surface area contributed by atoms with Crippen LogP contribution in [0.5, 0.6) is 0 Å². The van der Waals surface area contributed by atoms with E-state index in [1.165, 1.54) is 27.7 Å². The summed E-state index contributed by atoms with van der Waals surface area (Å²) >= 11 is 0. The number of aliphatic carboxylic acids is 3. The topological polar surface area (TPSA) is 173 Å². The van der Waals surface area contributed by atoms with Crippen molar-refractivity contribution in [2.24, 2.45) is 41.2 Å². The molecule has 10 nitrogen and oxygen atoms in total. The van der Waals surface area contributed by atoms with Gasteiger partial charge in [0.2, 0.25) is 0 Å². The highest BCUT2D eigenvalue weighted by Crippen LogP contribution is 2.36. The number of carboxylic acids is 3. The predicted molar refractivity (Wildman–Crippen MR) is 111 cm³/mol. The summed E-state index contributed by atoms with van der Waals surface area (Å²) in [5.74, 6) is -11.1. The summed E-state index contributed by atoms with van der Waals surface area (Å²) in [7, 11) is 0. The number of rotatable bonds is 14. The highest BCUT2D eigenvalue weighted by Gasteiger charge is 2.44. The second kappa shape index (κ2) is 12.0. The minimum atomic E-state index is -1.33. The van der Waals surface area contributed by atoms with E-state index < -0.39 is 71.2 Å². The Kier molecular flexibility index (Phi) is 11.1. The summed E-state index contributed by atoms with van der Waals surface area (Å²) in [6, 6.07) is 0. The fourth-order valence-corrected chi connectivity index (χ4v) is 3.59. The normalized spacial score (nSPS) is 18.7. The van der Waals surface area contributed by atoms with Crippen molar-refractivity contribution in [3.8, 4) is 0 Å². The summed E-state index contributed by atoms with van der Waals surface area (Å²) in [4.78, 5) is 47.5. The standard InChI is InChI=1S/C21H37NO9/c1-10(8-9-30-21(6,7)22)31-20(29)14(5)16(19(27)28)12(3)11(2)15(18(25)26)13(4)17(23)24/h10-16H,8-9,22H2,1-7H3,(H,23,24)(H,25,26)(H,27,28). The van der Waals surface area contributed by atoms with E-state index in [2.05, 4.69) is 0 Å². The maximum Gasteiger partial charge on any atom is 0.309 e. The summed E-state index contributed by atoms with van der Waals surface area (Å²) in [5, 5.41) is 28.5. The zero-order valence-corrected chi connectivity index (χ0v) is 19.3. The third kappa shape index (κ3) is 9.22. The van der Waals surface area contributed by atoms with E-state index in [4.69, 9.17) is 15.2 Å². The lowest BCUT2D eigenvalue weighted by molar-refractivity contribution is -0.165. The molecule has 0 aromatic heterocycles. The minimum Gasteiger partial charge on any atom is -0.481 e. The molecule has 0 aromatic carbocycles. The maximum atomic E-state index is 12.6. The molecule has 10 heteroatoms. The number of carbonyl (C=O) groups is 4. The van der Waals surface area contributed by atoms with Gasteiger partial charge in [-0.25, -0.2) is 0 Å². The van der Waals surface area contributed by atoms with Crippen LogP contribution in [-0.2, 0) is 28.7 Å². The Morgan fingerprint density at radius 2 is 1.23 bits per heavy atom. The average Bonchev–Trinajstić information content (AvgIpc) is 2.59. The number of hydrogen-bond donors (Lipinski definition) is 4. The molecule has 0 amide bonds. The van der Waals surface area contributed by atoms with E-state index in [9.17, 15) is 34.5 Å². The summed E-state index contributed by atoms with van der Waals surface area (Å²) in [6.45, 7) is 10.9. The van der Waals surface area contributed by atoms with Crippen molar-refractivity contribution in [2.45, 2.75) is 66.7 Å². The molecule has 7 unspecified atom stereocenters. The molecule has 0 spiro atoms. The van der Waals surface area contributed by atoms with E-state index in [0.29, 0.717) is 6.42 Å². The summed E-state index contributed by atoms with van der Waals surface area (Å²) in [6.07, 6.45) is -0.182. The Morgan fingerprint density at radius 3 is 1.58 bits per heavy atom. The highest BCUT2D eigenvalue weighted by molar-refractivity contribution is 5.82. The first kappa shape index (κ1) is 28.8. The Morgan fingerprint density at radius 1 is 0.806 bits per heavy atom. The SMILES string of the molecule is CC(CCOC(C)(C)N)OC(=O)C(C)C(C(=O)O)C(C)C(C)C(C(=O)O)C(C)C(=O)O. The largest absolute Gasteiger partial charge is 0.481 e. The first-order valence-corrected chi connectivity index (χ1v) is 10.3. The molecule has 0 heterocycles. The van der Waals surface area contributed by atoms with Gasteiger partial charge in [0.15, 0.2) is 0 Å². The zero-order chi connectivity index (χ0) is 24.7. The van der Waals surface area contributed by atoms with Gasteiger partial charge >= 0.3 is 23.9 Å². The van der Waals surface area contributed by atoms with Gasteiger partial charge in [-0.15, -0.1) is 0 Å². The van der Waals surface area contributed by atoms with Gasteiger partial charge in [0.05, 0.1) is 30.3 Å². The first-order chi connectivity index (χ1) is 14.0. The number of carboxylic acid groups (broad SMARTS) is 3. The number of carbonyl (C=O) groups excluding carboxylic acids is 1. The molecule has 0 bridgehead atoms. The molecule has 180 valence electrons. The van der Waals surface area contributed by atoms with Gasteiger partial charge in [0.25, 0.3) is 0 Å². The molecule has 0 aliphatic carbocycles. The Labute approximate surface area is 183 Å². The molecular formula is C21H37NO9. The van der Waals surface area contributed by atoms with Crippen molar-refractivity contribution < 1.29 is 44.0 Å². The van der Waals surface area contributed by atoms with Gasteiger partial charge in [-0.3, -0.25) is 19.2 Å². The zero-order valence-electron chi connectivity index (χ0n) is 19.3. The smallest absolute Gasteiger partial charge is 0.309 e. The van der Waals surface area contributed by atoms with Crippen molar-refractivity contribution in [1.82, 2.24) is 0 Å². The molecule has 5 N–H and O–H groups in total.